The number of carbonyl (C=O) groups is 2. The molecule has 8 heteroatoms. The Morgan fingerprint density at radius 2 is 1.95 bits per heavy atom. The maximum absolute atomic E-state index is 12.6. The van der Waals surface area contributed by atoms with Crippen molar-refractivity contribution in [2.75, 3.05) is 5.32 Å². The van der Waals surface area contributed by atoms with Crippen LogP contribution in [0, 0.1) is 0 Å². The number of carboxylic acids is 1. The highest BCUT2D eigenvalue weighted by atomic mass is 19.4. The number of hydrogen-bond donors (Lipinski definition) is 3. The van der Waals surface area contributed by atoms with E-state index in [9.17, 15) is 22.8 Å². The summed E-state index contributed by atoms with van der Waals surface area (Å²) < 4.78 is 37.8. The lowest BCUT2D eigenvalue weighted by molar-refractivity contribution is -0.184. The fourth-order valence-corrected chi connectivity index (χ4v) is 1.28. The van der Waals surface area contributed by atoms with Gasteiger partial charge in [-0.25, -0.2) is 4.79 Å². The van der Waals surface area contributed by atoms with Crippen molar-refractivity contribution in [2.45, 2.75) is 18.6 Å². The van der Waals surface area contributed by atoms with Gasteiger partial charge in [0.2, 0.25) is 0 Å². The van der Waals surface area contributed by atoms with E-state index < -0.39 is 23.6 Å². The molecule has 0 bridgehead atoms. The number of nitrogens with one attached hydrogen (secondary N) is 1. The van der Waals surface area contributed by atoms with Crippen molar-refractivity contribution >= 4 is 23.6 Å². The summed E-state index contributed by atoms with van der Waals surface area (Å²) in [5, 5.41) is 10.5. The largest absolute Gasteiger partial charge is 0.478 e. The Hall–Kier alpha value is -2.35. The number of aliphatic carboxylic acids is 1. The summed E-state index contributed by atoms with van der Waals surface area (Å²) in [4.78, 5) is 22.0. The second-order valence-electron chi connectivity index (χ2n) is 4.45. The van der Waals surface area contributed by atoms with E-state index in [0.717, 1.165) is 6.08 Å². The monoisotopic (exact) mass is 302 g/mol. The smallest absolute Gasteiger partial charge is 0.415 e. The van der Waals surface area contributed by atoms with Crippen molar-refractivity contribution in [1.82, 2.24) is 0 Å². The van der Waals surface area contributed by atoms with E-state index in [4.69, 9.17) is 10.8 Å². The topological polar surface area (TPSA) is 92.4 Å². The van der Waals surface area contributed by atoms with Crippen LogP contribution in [0.15, 0.2) is 30.3 Å². The third-order valence-corrected chi connectivity index (χ3v) is 2.62. The molecule has 0 spiro atoms. The van der Waals surface area contributed by atoms with Gasteiger partial charge in [-0.1, -0.05) is 12.1 Å². The predicted molar refractivity (Wildman–Crippen MR) is 70.4 cm³/mol. The third kappa shape index (κ3) is 4.32. The third-order valence-electron chi connectivity index (χ3n) is 2.62. The van der Waals surface area contributed by atoms with E-state index in [1.165, 1.54) is 30.3 Å². The van der Waals surface area contributed by atoms with Gasteiger partial charge in [-0.3, -0.25) is 4.79 Å². The molecule has 1 aromatic carbocycles. The zero-order valence-electron chi connectivity index (χ0n) is 10.9. The molecule has 0 aliphatic heterocycles. The minimum Gasteiger partial charge on any atom is -0.478 e. The van der Waals surface area contributed by atoms with Gasteiger partial charge in [-0.05, 0) is 30.7 Å². The van der Waals surface area contributed by atoms with Gasteiger partial charge in [0.1, 0.15) is 0 Å². The molecule has 5 nitrogen and oxygen atoms in total. The molecule has 0 aliphatic carbocycles. The lowest BCUT2D eigenvalue weighted by Crippen LogP contribution is -2.59. The molecule has 1 unspecified atom stereocenters. The van der Waals surface area contributed by atoms with Crippen LogP contribution in [0.4, 0.5) is 18.9 Å². The average molecular weight is 302 g/mol. The molecule has 21 heavy (non-hydrogen) atoms. The number of rotatable bonds is 4. The number of hydrogen-bond acceptors (Lipinski definition) is 3. The molecule has 1 aromatic rings. The van der Waals surface area contributed by atoms with E-state index in [0.29, 0.717) is 12.5 Å². The van der Waals surface area contributed by atoms with Crippen molar-refractivity contribution in [3.63, 3.8) is 0 Å². The van der Waals surface area contributed by atoms with E-state index in [-0.39, 0.29) is 5.69 Å². The van der Waals surface area contributed by atoms with Gasteiger partial charge in [0.15, 0.2) is 5.54 Å². The molecule has 0 radical (unpaired) electrons. The Morgan fingerprint density at radius 3 is 2.48 bits per heavy atom. The molecule has 0 fully saturated rings. The van der Waals surface area contributed by atoms with Crippen LogP contribution in [0.25, 0.3) is 6.08 Å². The van der Waals surface area contributed by atoms with Crippen LogP contribution in [-0.2, 0) is 9.59 Å². The summed E-state index contributed by atoms with van der Waals surface area (Å²) in [6, 6.07) is 5.67. The predicted octanol–water partition coefficient (Wildman–Crippen LogP) is 2.00. The van der Waals surface area contributed by atoms with E-state index in [2.05, 4.69) is 5.32 Å². The summed E-state index contributed by atoms with van der Waals surface area (Å²) in [6.45, 7) is 0.566. The molecule has 4 N–H and O–H groups in total. The number of halogens is 3. The molecule has 0 aromatic heterocycles. The summed E-state index contributed by atoms with van der Waals surface area (Å²) in [6.07, 6.45) is -2.79. The van der Waals surface area contributed by atoms with Crippen molar-refractivity contribution in [3.05, 3.63) is 35.9 Å². The van der Waals surface area contributed by atoms with Gasteiger partial charge in [-0.15, -0.1) is 0 Å². The molecule has 0 heterocycles. The first-order valence-electron chi connectivity index (χ1n) is 5.72. The SMILES string of the molecule is CC(N)(C(=O)Nc1cccc(/C=C/C(=O)O)c1)C(F)(F)F. The molecule has 0 saturated carbocycles. The van der Waals surface area contributed by atoms with Crippen LogP contribution in [0.3, 0.4) is 0 Å². The van der Waals surface area contributed by atoms with Crippen molar-refractivity contribution < 1.29 is 27.9 Å². The summed E-state index contributed by atoms with van der Waals surface area (Å²) >= 11 is 0. The Bertz CT molecular complexity index is 580. The van der Waals surface area contributed by atoms with Gasteiger partial charge >= 0.3 is 12.1 Å². The lowest BCUT2D eigenvalue weighted by atomic mass is 10.0. The van der Waals surface area contributed by atoms with E-state index >= 15 is 0 Å². The van der Waals surface area contributed by atoms with Crippen LogP contribution in [-0.4, -0.2) is 28.7 Å². The number of carbonyl (C=O) groups excluding carboxylic acids is 1. The second kappa shape index (κ2) is 5.96. The van der Waals surface area contributed by atoms with Gasteiger partial charge in [0.25, 0.3) is 5.91 Å². The van der Waals surface area contributed by atoms with Crippen LogP contribution < -0.4 is 11.1 Å². The number of amides is 1. The minimum absolute atomic E-state index is 0.0773. The van der Waals surface area contributed by atoms with E-state index in [1.54, 1.807) is 0 Å². The molecule has 1 atom stereocenters. The second-order valence-corrected chi connectivity index (χ2v) is 4.45. The Kier molecular flexibility index (Phi) is 4.74. The van der Waals surface area contributed by atoms with Crippen molar-refractivity contribution in [3.8, 4) is 0 Å². The molecule has 1 rings (SSSR count). The zero-order chi connectivity index (χ0) is 16.3. The normalized spacial score (nSPS) is 14.7. The van der Waals surface area contributed by atoms with Gasteiger partial charge in [0.05, 0.1) is 0 Å². The molecule has 0 saturated heterocycles. The number of benzene rings is 1. The molecule has 0 aliphatic rings. The highest BCUT2D eigenvalue weighted by Crippen LogP contribution is 2.29. The highest BCUT2D eigenvalue weighted by molar-refractivity contribution is 5.98. The quantitative estimate of drug-likeness (QED) is 0.742. The van der Waals surface area contributed by atoms with E-state index in [1.807, 2.05) is 0 Å². The number of alkyl halides is 3. The summed E-state index contributed by atoms with van der Waals surface area (Å²) in [5.74, 6) is -2.58. The molecular weight excluding hydrogens is 289 g/mol. The molecule has 1 amide bonds. The summed E-state index contributed by atoms with van der Waals surface area (Å²) in [5.41, 5.74) is 2.45. The number of nitrogens with two attached hydrogens (primary N) is 1. The first-order chi connectivity index (χ1) is 9.54. The maximum atomic E-state index is 12.6. The number of anilines is 1. The maximum Gasteiger partial charge on any atom is 0.415 e. The Morgan fingerprint density at radius 1 is 1.33 bits per heavy atom. The van der Waals surface area contributed by atoms with Crippen LogP contribution in [0.2, 0.25) is 0 Å². The average Bonchev–Trinajstić information content (AvgIpc) is 2.35. The first kappa shape index (κ1) is 16.7. The fraction of sp³-hybridized carbons (Fsp3) is 0.231. The molecule has 114 valence electrons. The van der Waals surface area contributed by atoms with Gasteiger partial charge in [-0.2, -0.15) is 13.2 Å². The van der Waals surface area contributed by atoms with Crippen molar-refractivity contribution in [2.24, 2.45) is 5.73 Å². The first-order valence-corrected chi connectivity index (χ1v) is 5.72. The van der Waals surface area contributed by atoms with Crippen LogP contribution >= 0.6 is 0 Å². The Labute approximate surface area is 118 Å². The van der Waals surface area contributed by atoms with Crippen molar-refractivity contribution in [1.29, 1.82) is 0 Å². The lowest BCUT2D eigenvalue weighted by Gasteiger charge is -2.26. The van der Waals surface area contributed by atoms with Crippen LogP contribution in [0.1, 0.15) is 12.5 Å². The zero-order valence-corrected chi connectivity index (χ0v) is 10.9. The summed E-state index contributed by atoms with van der Waals surface area (Å²) in [7, 11) is 0. The standard InChI is InChI=1S/C13H13F3N2O3/c1-12(17,13(14,15)16)11(21)18-9-4-2-3-8(7-9)5-6-10(19)20/h2-7H,17H2,1H3,(H,18,21)(H,19,20)/b6-5+. The molecular formula is C13H13F3N2O3. The minimum atomic E-state index is -4.89. The van der Waals surface area contributed by atoms with Gasteiger partial charge in [0, 0.05) is 11.8 Å². The Balaban J connectivity index is 2.92. The fourth-order valence-electron chi connectivity index (χ4n) is 1.28. The van der Waals surface area contributed by atoms with Gasteiger partial charge < -0.3 is 16.2 Å². The highest BCUT2D eigenvalue weighted by Gasteiger charge is 2.53. The number of carboxylic acid groups (broad SMARTS) is 1. The van der Waals surface area contributed by atoms with Crippen LogP contribution in [0.5, 0.6) is 0 Å².